The summed E-state index contributed by atoms with van der Waals surface area (Å²) in [4.78, 5) is 21.1. The van der Waals surface area contributed by atoms with Crippen molar-refractivity contribution >= 4 is 50.5 Å². The number of nitrogens with zero attached hydrogens (tertiary/aromatic N) is 3. The molecule has 0 atom stereocenters. The van der Waals surface area contributed by atoms with Gasteiger partial charge in [0.2, 0.25) is 0 Å². The van der Waals surface area contributed by atoms with E-state index in [1.54, 1.807) is 24.3 Å². The van der Waals surface area contributed by atoms with E-state index in [2.05, 4.69) is 39.5 Å². The number of thiazole rings is 1. The molecule has 0 radical (unpaired) electrons. The number of hydrogen-bond donors (Lipinski definition) is 1. The third kappa shape index (κ3) is 6.02. The van der Waals surface area contributed by atoms with Crippen molar-refractivity contribution in [1.82, 2.24) is 9.88 Å². The Labute approximate surface area is 227 Å². The van der Waals surface area contributed by atoms with Crippen LogP contribution in [0.4, 0.5) is 10.8 Å². The van der Waals surface area contributed by atoms with Crippen LogP contribution in [0.5, 0.6) is 0 Å². The third-order valence-electron chi connectivity index (χ3n) is 6.17. The zero-order chi connectivity index (χ0) is 25.1. The number of anilines is 2. The average Bonchev–Trinajstić information content (AvgIpc) is 3.31. The standard InChI is InChI=1S/C27H26N4O3S2.ClH/c1-30(22-10-6-3-7-11-22)36(33,34)23-14-12-21(13-15-23)26(32)29-27-28-24-16-17-31(19-25(24)35-27)18-20-8-4-2-5-9-20;/h2-15H,16-19H2,1H3,(H,28,29,32);1H. The lowest BCUT2D eigenvalue weighted by Crippen LogP contribution is -2.29. The Kier molecular flexibility index (Phi) is 8.29. The number of rotatable bonds is 7. The summed E-state index contributed by atoms with van der Waals surface area (Å²) in [6.07, 6.45) is 0.843. The lowest BCUT2D eigenvalue weighted by Gasteiger charge is -2.25. The topological polar surface area (TPSA) is 82.6 Å². The molecule has 0 spiro atoms. The van der Waals surface area contributed by atoms with Crippen LogP contribution in [0.2, 0.25) is 0 Å². The number of fused-ring (bicyclic) bond motifs is 1. The zero-order valence-corrected chi connectivity index (χ0v) is 22.7. The van der Waals surface area contributed by atoms with Crippen LogP contribution < -0.4 is 9.62 Å². The fraction of sp³-hybridized carbons (Fsp3) is 0.185. The van der Waals surface area contributed by atoms with Gasteiger partial charge < -0.3 is 0 Å². The normalized spacial score (nSPS) is 13.3. The molecule has 0 aliphatic carbocycles. The van der Waals surface area contributed by atoms with E-state index in [9.17, 15) is 13.2 Å². The van der Waals surface area contributed by atoms with E-state index in [1.165, 1.54) is 52.5 Å². The molecule has 192 valence electrons. The van der Waals surface area contributed by atoms with Crippen LogP contribution in [0.3, 0.4) is 0 Å². The lowest BCUT2D eigenvalue weighted by atomic mass is 10.1. The van der Waals surface area contributed by atoms with Crippen LogP contribution in [0.15, 0.2) is 89.8 Å². The van der Waals surface area contributed by atoms with Crippen LogP contribution in [0.25, 0.3) is 0 Å². The number of nitrogens with one attached hydrogen (secondary N) is 1. The number of amides is 1. The van der Waals surface area contributed by atoms with Gasteiger partial charge in [-0.1, -0.05) is 48.5 Å². The molecule has 3 aromatic carbocycles. The highest BCUT2D eigenvalue weighted by atomic mass is 35.5. The summed E-state index contributed by atoms with van der Waals surface area (Å²) in [6, 6.07) is 25.2. The number of benzene rings is 3. The molecule has 0 bridgehead atoms. The van der Waals surface area contributed by atoms with Crippen molar-refractivity contribution in [3.8, 4) is 0 Å². The maximum absolute atomic E-state index is 13.0. The molecule has 2 heterocycles. The molecule has 10 heteroatoms. The highest BCUT2D eigenvalue weighted by Crippen LogP contribution is 2.29. The summed E-state index contributed by atoms with van der Waals surface area (Å²) in [5.74, 6) is -0.317. The first kappa shape index (κ1) is 26.8. The third-order valence-corrected chi connectivity index (χ3v) is 8.97. The molecule has 1 N–H and O–H groups in total. The van der Waals surface area contributed by atoms with Crippen molar-refractivity contribution in [3.63, 3.8) is 0 Å². The predicted molar refractivity (Wildman–Crippen MR) is 150 cm³/mol. The van der Waals surface area contributed by atoms with Crippen molar-refractivity contribution in [2.24, 2.45) is 0 Å². The van der Waals surface area contributed by atoms with E-state index in [0.717, 1.165) is 36.6 Å². The lowest BCUT2D eigenvalue weighted by molar-refractivity contribution is 0.102. The van der Waals surface area contributed by atoms with E-state index >= 15 is 0 Å². The quantitative estimate of drug-likeness (QED) is 0.339. The van der Waals surface area contributed by atoms with Gasteiger partial charge in [-0.3, -0.25) is 19.3 Å². The highest BCUT2D eigenvalue weighted by Gasteiger charge is 2.23. The molecule has 0 saturated heterocycles. The van der Waals surface area contributed by atoms with Crippen LogP contribution in [-0.2, 0) is 29.5 Å². The van der Waals surface area contributed by atoms with E-state index in [4.69, 9.17) is 0 Å². The van der Waals surface area contributed by atoms with Crippen LogP contribution in [0, 0.1) is 0 Å². The molecule has 0 fully saturated rings. The monoisotopic (exact) mass is 554 g/mol. The molecular formula is C27H27ClN4O3S2. The average molecular weight is 555 g/mol. The first-order chi connectivity index (χ1) is 17.4. The van der Waals surface area contributed by atoms with E-state index in [-0.39, 0.29) is 23.2 Å². The van der Waals surface area contributed by atoms with Gasteiger partial charge in [-0.15, -0.1) is 23.7 Å². The Morgan fingerprint density at radius 1 is 1.00 bits per heavy atom. The second kappa shape index (κ2) is 11.4. The van der Waals surface area contributed by atoms with Gasteiger partial charge in [0.15, 0.2) is 5.13 Å². The summed E-state index contributed by atoms with van der Waals surface area (Å²) in [5, 5.41) is 3.44. The summed E-state index contributed by atoms with van der Waals surface area (Å²) in [7, 11) is -2.23. The first-order valence-corrected chi connectivity index (χ1v) is 13.9. The second-order valence-electron chi connectivity index (χ2n) is 8.62. The minimum Gasteiger partial charge on any atom is -0.298 e. The number of carbonyl (C=O) groups excluding carboxylic acids is 1. The van der Waals surface area contributed by atoms with Gasteiger partial charge in [-0.25, -0.2) is 13.4 Å². The molecular weight excluding hydrogens is 528 g/mol. The Morgan fingerprint density at radius 3 is 2.32 bits per heavy atom. The zero-order valence-electron chi connectivity index (χ0n) is 20.2. The van der Waals surface area contributed by atoms with Gasteiger partial charge in [-0.05, 0) is 42.0 Å². The minimum atomic E-state index is -3.74. The Hall–Kier alpha value is -3.24. The van der Waals surface area contributed by atoms with Crippen molar-refractivity contribution in [1.29, 1.82) is 0 Å². The van der Waals surface area contributed by atoms with Gasteiger partial charge in [0.05, 0.1) is 16.3 Å². The van der Waals surface area contributed by atoms with Gasteiger partial charge in [0.1, 0.15) is 0 Å². The molecule has 1 aliphatic rings. The molecule has 5 rings (SSSR count). The van der Waals surface area contributed by atoms with Crippen molar-refractivity contribution < 1.29 is 13.2 Å². The van der Waals surface area contributed by atoms with Crippen LogP contribution in [-0.4, -0.2) is 37.8 Å². The minimum absolute atomic E-state index is 0. The molecule has 4 aromatic rings. The number of hydrogen-bond acceptors (Lipinski definition) is 6. The number of halogens is 1. The first-order valence-electron chi connectivity index (χ1n) is 11.6. The van der Waals surface area contributed by atoms with Gasteiger partial charge in [-0.2, -0.15) is 0 Å². The Bertz CT molecular complexity index is 1460. The van der Waals surface area contributed by atoms with E-state index in [1.807, 2.05) is 12.1 Å². The van der Waals surface area contributed by atoms with E-state index < -0.39 is 10.0 Å². The SMILES string of the molecule is CN(c1ccccc1)S(=O)(=O)c1ccc(C(=O)Nc2nc3c(s2)CN(Cc2ccccc2)CC3)cc1.Cl. The fourth-order valence-corrected chi connectivity index (χ4v) is 6.40. The summed E-state index contributed by atoms with van der Waals surface area (Å²) >= 11 is 1.49. The summed E-state index contributed by atoms with van der Waals surface area (Å²) in [6.45, 7) is 2.61. The number of sulfonamides is 1. The second-order valence-corrected chi connectivity index (χ2v) is 11.7. The Balaban J connectivity index is 0.00000320. The molecule has 1 aromatic heterocycles. The van der Waals surface area contributed by atoms with E-state index in [0.29, 0.717) is 16.4 Å². The van der Waals surface area contributed by atoms with Crippen molar-refractivity contribution in [3.05, 3.63) is 107 Å². The Morgan fingerprint density at radius 2 is 1.65 bits per heavy atom. The largest absolute Gasteiger partial charge is 0.298 e. The molecule has 1 amide bonds. The van der Waals surface area contributed by atoms with Crippen molar-refractivity contribution in [2.75, 3.05) is 23.2 Å². The molecule has 1 aliphatic heterocycles. The highest BCUT2D eigenvalue weighted by molar-refractivity contribution is 7.92. The fourth-order valence-electron chi connectivity index (χ4n) is 4.16. The maximum atomic E-state index is 13.0. The number of para-hydroxylation sites is 1. The maximum Gasteiger partial charge on any atom is 0.264 e. The van der Waals surface area contributed by atoms with Gasteiger partial charge >= 0.3 is 0 Å². The smallest absolute Gasteiger partial charge is 0.264 e. The molecule has 37 heavy (non-hydrogen) atoms. The summed E-state index contributed by atoms with van der Waals surface area (Å²) < 4.78 is 27.2. The van der Waals surface area contributed by atoms with Crippen LogP contribution >= 0.6 is 23.7 Å². The number of aromatic nitrogens is 1. The summed E-state index contributed by atoms with van der Waals surface area (Å²) in [5.41, 5.74) is 3.24. The van der Waals surface area contributed by atoms with Gasteiger partial charge in [0, 0.05) is 43.5 Å². The number of carbonyl (C=O) groups is 1. The molecule has 7 nitrogen and oxygen atoms in total. The molecule has 0 unspecified atom stereocenters. The van der Waals surface area contributed by atoms with Crippen molar-refractivity contribution in [2.45, 2.75) is 24.4 Å². The van der Waals surface area contributed by atoms with Crippen LogP contribution in [0.1, 0.15) is 26.5 Å². The van der Waals surface area contributed by atoms with Gasteiger partial charge in [0.25, 0.3) is 15.9 Å². The molecule has 0 saturated carbocycles. The predicted octanol–water partition coefficient (Wildman–Crippen LogP) is 5.20.